The second-order valence-corrected chi connectivity index (χ2v) is 7.84. The van der Waals surface area contributed by atoms with Crippen LogP contribution in [0.4, 0.5) is 0 Å². The van der Waals surface area contributed by atoms with Gasteiger partial charge in [-0.3, -0.25) is 4.90 Å². The first-order valence-corrected chi connectivity index (χ1v) is 9.09. The molecule has 104 valence electrons. The van der Waals surface area contributed by atoms with Crippen molar-refractivity contribution in [3.05, 3.63) is 33.4 Å². The molecule has 0 unspecified atom stereocenters. The minimum atomic E-state index is 0.0257. The van der Waals surface area contributed by atoms with E-state index < -0.39 is 0 Å². The van der Waals surface area contributed by atoms with E-state index in [1.165, 1.54) is 9.13 Å². The molecule has 5 heteroatoms. The van der Waals surface area contributed by atoms with Gasteiger partial charge in [0.15, 0.2) is 0 Å². The van der Waals surface area contributed by atoms with Gasteiger partial charge in [0.1, 0.15) is 0 Å². The van der Waals surface area contributed by atoms with E-state index in [4.69, 9.17) is 18.0 Å². The van der Waals surface area contributed by atoms with Crippen LogP contribution in [0.15, 0.2) is 24.3 Å². The second kappa shape index (κ2) is 6.74. The van der Waals surface area contributed by atoms with Crippen molar-refractivity contribution < 1.29 is 0 Å². The average molecular weight is 406 g/mol. The molecule has 19 heavy (non-hydrogen) atoms. The standard InChI is InChI=1S/C14H19IN2S2/c1-19-14(13(16)18)6-8-17(9-7-14)10-11-2-4-12(15)5-3-11/h2-5H,6-10H2,1H3,(H2,16,18). The highest BCUT2D eigenvalue weighted by Crippen LogP contribution is 2.35. The number of halogens is 1. The molecule has 1 aromatic carbocycles. The SMILES string of the molecule is CSC1(C(N)=S)CCN(Cc2ccc(I)cc2)CC1. The lowest BCUT2D eigenvalue weighted by Crippen LogP contribution is -2.48. The van der Waals surface area contributed by atoms with Crippen LogP contribution in [-0.4, -0.2) is 34.0 Å². The van der Waals surface area contributed by atoms with Gasteiger partial charge in [0.25, 0.3) is 0 Å². The van der Waals surface area contributed by atoms with E-state index in [0.29, 0.717) is 4.99 Å². The molecule has 2 rings (SSSR count). The van der Waals surface area contributed by atoms with Gasteiger partial charge in [-0.1, -0.05) is 24.4 Å². The number of nitrogens with zero attached hydrogens (tertiary/aromatic N) is 1. The van der Waals surface area contributed by atoms with Crippen LogP contribution in [0.1, 0.15) is 18.4 Å². The molecule has 1 fully saturated rings. The third kappa shape index (κ3) is 3.83. The molecule has 1 aromatic rings. The van der Waals surface area contributed by atoms with E-state index in [-0.39, 0.29) is 4.75 Å². The van der Waals surface area contributed by atoms with Crippen LogP contribution in [-0.2, 0) is 6.54 Å². The molecule has 2 N–H and O–H groups in total. The van der Waals surface area contributed by atoms with Gasteiger partial charge in [-0.25, -0.2) is 0 Å². The van der Waals surface area contributed by atoms with Crippen LogP contribution in [0, 0.1) is 3.57 Å². The minimum absolute atomic E-state index is 0.0257. The number of rotatable bonds is 4. The van der Waals surface area contributed by atoms with E-state index in [2.05, 4.69) is 58.0 Å². The van der Waals surface area contributed by atoms with Crippen molar-refractivity contribution in [2.24, 2.45) is 5.73 Å². The van der Waals surface area contributed by atoms with Gasteiger partial charge in [-0.2, -0.15) is 11.8 Å². The van der Waals surface area contributed by atoms with Gasteiger partial charge < -0.3 is 5.73 Å². The summed E-state index contributed by atoms with van der Waals surface area (Å²) in [5, 5.41) is 0. The van der Waals surface area contributed by atoms with Crippen molar-refractivity contribution in [2.45, 2.75) is 24.1 Å². The van der Waals surface area contributed by atoms with Crippen molar-refractivity contribution in [3.8, 4) is 0 Å². The van der Waals surface area contributed by atoms with Crippen LogP contribution in [0.25, 0.3) is 0 Å². The Kier molecular flexibility index (Phi) is 5.51. The zero-order valence-corrected chi connectivity index (χ0v) is 14.9. The highest BCUT2D eigenvalue weighted by Gasteiger charge is 2.36. The number of hydrogen-bond donors (Lipinski definition) is 1. The van der Waals surface area contributed by atoms with E-state index in [1.54, 1.807) is 0 Å². The molecule has 0 radical (unpaired) electrons. The van der Waals surface area contributed by atoms with Crippen LogP contribution in [0.2, 0.25) is 0 Å². The number of thioether (sulfide) groups is 1. The van der Waals surface area contributed by atoms with E-state index in [0.717, 1.165) is 32.5 Å². The highest BCUT2D eigenvalue weighted by atomic mass is 127. The molecular formula is C14H19IN2S2. The first-order valence-electron chi connectivity index (χ1n) is 6.37. The summed E-state index contributed by atoms with van der Waals surface area (Å²) < 4.78 is 1.31. The molecule has 2 nitrogen and oxygen atoms in total. The van der Waals surface area contributed by atoms with E-state index in [1.807, 2.05) is 11.8 Å². The zero-order chi connectivity index (χ0) is 13.9. The smallest absolute Gasteiger partial charge is 0.0891 e. The molecular weight excluding hydrogens is 387 g/mol. The molecule has 0 amide bonds. The monoisotopic (exact) mass is 406 g/mol. The summed E-state index contributed by atoms with van der Waals surface area (Å²) in [6.07, 6.45) is 4.25. The van der Waals surface area contributed by atoms with Gasteiger partial charge in [-0.15, -0.1) is 0 Å². The number of thiocarbonyl (C=S) groups is 1. The molecule has 0 saturated carbocycles. The molecule has 0 aromatic heterocycles. The Hall–Kier alpha value is 0.150. The first-order chi connectivity index (χ1) is 9.05. The number of nitrogens with two attached hydrogens (primary N) is 1. The lowest BCUT2D eigenvalue weighted by Gasteiger charge is -2.40. The Bertz CT molecular complexity index is 439. The Morgan fingerprint density at radius 1 is 1.37 bits per heavy atom. The van der Waals surface area contributed by atoms with Crippen LogP contribution < -0.4 is 5.73 Å². The topological polar surface area (TPSA) is 29.3 Å². The molecule has 0 bridgehead atoms. The van der Waals surface area contributed by atoms with Crippen LogP contribution >= 0.6 is 46.6 Å². The number of benzene rings is 1. The Labute approximate surface area is 138 Å². The summed E-state index contributed by atoms with van der Waals surface area (Å²) in [6.45, 7) is 3.17. The van der Waals surface area contributed by atoms with Gasteiger partial charge in [0.05, 0.1) is 9.74 Å². The average Bonchev–Trinajstić information content (AvgIpc) is 2.42. The normalized spacial score (nSPS) is 19.3. The fourth-order valence-electron chi connectivity index (χ4n) is 2.47. The summed E-state index contributed by atoms with van der Waals surface area (Å²) in [5.41, 5.74) is 7.30. The maximum atomic E-state index is 5.92. The van der Waals surface area contributed by atoms with Crippen LogP contribution in [0.3, 0.4) is 0 Å². The predicted molar refractivity (Wildman–Crippen MR) is 96.7 cm³/mol. The Morgan fingerprint density at radius 3 is 2.42 bits per heavy atom. The fraction of sp³-hybridized carbons (Fsp3) is 0.500. The number of likely N-dealkylation sites (tertiary alicyclic amines) is 1. The fourth-order valence-corrected chi connectivity index (χ4v) is 4.08. The lowest BCUT2D eigenvalue weighted by atomic mass is 9.95. The summed E-state index contributed by atoms with van der Waals surface area (Å²) in [4.78, 5) is 3.17. The van der Waals surface area contributed by atoms with Crippen molar-refractivity contribution in [1.29, 1.82) is 0 Å². The van der Waals surface area contributed by atoms with Crippen molar-refractivity contribution >= 4 is 51.6 Å². The lowest BCUT2D eigenvalue weighted by molar-refractivity contribution is 0.212. The zero-order valence-electron chi connectivity index (χ0n) is 11.1. The van der Waals surface area contributed by atoms with Gasteiger partial charge in [-0.05, 0) is 59.4 Å². The van der Waals surface area contributed by atoms with Gasteiger partial charge >= 0.3 is 0 Å². The minimum Gasteiger partial charge on any atom is -0.392 e. The highest BCUT2D eigenvalue weighted by molar-refractivity contribution is 14.1. The van der Waals surface area contributed by atoms with Gasteiger partial charge in [0.2, 0.25) is 0 Å². The number of hydrogen-bond acceptors (Lipinski definition) is 3. The second-order valence-electron chi connectivity index (χ2n) is 4.97. The Morgan fingerprint density at radius 2 is 1.95 bits per heavy atom. The predicted octanol–water partition coefficient (Wildman–Crippen LogP) is 3.27. The Balaban J connectivity index is 1.93. The summed E-state index contributed by atoms with van der Waals surface area (Å²) in [5.74, 6) is 0. The van der Waals surface area contributed by atoms with E-state index >= 15 is 0 Å². The molecule has 1 aliphatic rings. The maximum absolute atomic E-state index is 5.92. The van der Waals surface area contributed by atoms with Gasteiger partial charge in [0, 0.05) is 23.2 Å². The van der Waals surface area contributed by atoms with Crippen molar-refractivity contribution in [1.82, 2.24) is 4.90 Å². The first kappa shape index (κ1) is 15.5. The van der Waals surface area contributed by atoms with Crippen molar-refractivity contribution in [3.63, 3.8) is 0 Å². The molecule has 1 saturated heterocycles. The summed E-state index contributed by atoms with van der Waals surface area (Å²) in [6, 6.07) is 8.76. The molecule has 1 aliphatic heterocycles. The maximum Gasteiger partial charge on any atom is 0.0891 e. The number of piperidine rings is 1. The molecule has 0 aliphatic carbocycles. The largest absolute Gasteiger partial charge is 0.392 e. The van der Waals surface area contributed by atoms with Crippen LogP contribution in [0.5, 0.6) is 0 Å². The molecule has 1 heterocycles. The third-order valence-electron chi connectivity index (χ3n) is 3.82. The summed E-state index contributed by atoms with van der Waals surface area (Å²) in [7, 11) is 0. The van der Waals surface area contributed by atoms with Crippen molar-refractivity contribution in [2.75, 3.05) is 19.3 Å². The molecule has 0 atom stereocenters. The summed E-state index contributed by atoms with van der Waals surface area (Å²) >= 11 is 9.40. The quantitative estimate of drug-likeness (QED) is 0.614. The van der Waals surface area contributed by atoms with E-state index in [9.17, 15) is 0 Å². The third-order valence-corrected chi connectivity index (χ3v) is 6.47. The molecule has 0 spiro atoms.